The number of thiophene rings is 1. The minimum Gasteiger partial charge on any atom is -0.384 e. The van der Waals surface area contributed by atoms with Gasteiger partial charge in [0.15, 0.2) is 0 Å². The van der Waals surface area contributed by atoms with E-state index in [1.807, 2.05) is 6.07 Å². The van der Waals surface area contributed by atoms with Crippen molar-refractivity contribution in [3.63, 3.8) is 0 Å². The molecule has 1 aliphatic heterocycles. The lowest BCUT2D eigenvalue weighted by atomic mass is 10.2. The zero-order chi connectivity index (χ0) is 14.0. The summed E-state index contributed by atoms with van der Waals surface area (Å²) in [4.78, 5) is 27.8. The van der Waals surface area contributed by atoms with Gasteiger partial charge in [-0.1, -0.05) is 0 Å². The Hall–Kier alpha value is -0.920. The number of aliphatic hydroxyl groups excluding tert-OH is 1. The quantitative estimate of drug-likeness (QED) is 0.874. The highest BCUT2D eigenvalue weighted by molar-refractivity contribution is 9.11. The van der Waals surface area contributed by atoms with Gasteiger partial charge in [0.2, 0.25) is 0 Å². The fraction of sp³-hybridized carbons (Fsp3) is 0.500. The van der Waals surface area contributed by atoms with E-state index in [0.29, 0.717) is 31.1 Å². The molecule has 2 amide bonds. The lowest BCUT2D eigenvalue weighted by Crippen LogP contribution is -2.52. The summed E-state index contributed by atoms with van der Waals surface area (Å²) in [6.07, 6.45) is -0.976. The van der Waals surface area contributed by atoms with Gasteiger partial charge in [-0.15, -0.1) is 11.3 Å². The predicted octanol–water partition coefficient (Wildman–Crippen LogP) is 1.18. The molecule has 0 radical (unpaired) electrons. The second-order valence-electron chi connectivity index (χ2n) is 4.40. The molecule has 1 fully saturated rings. The molecular weight excluding hydrogens is 332 g/mol. The second kappa shape index (κ2) is 6.02. The van der Waals surface area contributed by atoms with Gasteiger partial charge in [0.05, 0.1) is 8.66 Å². The molecule has 0 bridgehead atoms. The van der Waals surface area contributed by atoms with Gasteiger partial charge in [-0.05, 0) is 35.0 Å². The van der Waals surface area contributed by atoms with E-state index in [4.69, 9.17) is 0 Å². The lowest BCUT2D eigenvalue weighted by Gasteiger charge is -2.35. The molecule has 19 heavy (non-hydrogen) atoms. The summed E-state index contributed by atoms with van der Waals surface area (Å²) in [6.45, 7) is 3.42. The third kappa shape index (κ3) is 3.34. The summed E-state index contributed by atoms with van der Waals surface area (Å²) < 4.78 is 0.929. The first kappa shape index (κ1) is 14.5. The average molecular weight is 347 g/mol. The molecule has 1 atom stereocenters. The molecule has 104 valence electrons. The fourth-order valence-corrected chi connectivity index (χ4v) is 3.33. The summed E-state index contributed by atoms with van der Waals surface area (Å²) in [7, 11) is 0. The number of halogens is 1. The van der Waals surface area contributed by atoms with E-state index in [1.165, 1.54) is 18.3 Å². The predicted molar refractivity (Wildman–Crippen MR) is 76.2 cm³/mol. The van der Waals surface area contributed by atoms with E-state index in [-0.39, 0.29) is 11.8 Å². The van der Waals surface area contributed by atoms with Gasteiger partial charge in [0.25, 0.3) is 11.8 Å². The summed E-state index contributed by atoms with van der Waals surface area (Å²) in [5.41, 5.74) is 0. The molecule has 0 aliphatic carbocycles. The van der Waals surface area contributed by atoms with Gasteiger partial charge in [0.1, 0.15) is 6.10 Å². The Labute approximate surface area is 123 Å². The maximum Gasteiger partial charge on any atom is 0.264 e. The summed E-state index contributed by atoms with van der Waals surface area (Å²) in [5.74, 6) is -0.272. The zero-order valence-corrected chi connectivity index (χ0v) is 12.9. The van der Waals surface area contributed by atoms with Crippen LogP contribution in [0.25, 0.3) is 0 Å². The molecule has 7 heteroatoms. The van der Waals surface area contributed by atoms with Crippen LogP contribution in [0, 0.1) is 0 Å². The van der Waals surface area contributed by atoms with Crippen LogP contribution in [-0.2, 0) is 4.79 Å². The van der Waals surface area contributed by atoms with Crippen molar-refractivity contribution in [1.82, 2.24) is 9.80 Å². The Morgan fingerprint density at radius 2 is 1.84 bits per heavy atom. The second-order valence-corrected chi connectivity index (χ2v) is 6.86. The highest BCUT2D eigenvalue weighted by Gasteiger charge is 2.27. The van der Waals surface area contributed by atoms with E-state index >= 15 is 0 Å². The Kier molecular flexibility index (Phi) is 4.59. The minimum atomic E-state index is -0.976. The molecule has 5 nitrogen and oxygen atoms in total. The van der Waals surface area contributed by atoms with Crippen LogP contribution < -0.4 is 0 Å². The third-order valence-corrected chi connectivity index (χ3v) is 4.63. The Morgan fingerprint density at radius 3 is 2.32 bits per heavy atom. The minimum absolute atomic E-state index is 0.000143. The smallest absolute Gasteiger partial charge is 0.264 e. The highest BCUT2D eigenvalue weighted by atomic mass is 79.9. The van der Waals surface area contributed by atoms with Gasteiger partial charge in [-0.25, -0.2) is 0 Å². The maximum absolute atomic E-state index is 12.2. The molecule has 2 rings (SSSR count). The van der Waals surface area contributed by atoms with Crippen LogP contribution in [0.15, 0.2) is 15.9 Å². The number of aliphatic hydroxyl groups is 1. The van der Waals surface area contributed by atoms with Gasteiger partial charge in [-0.3, -0.25) is 9.59 Å². The van der Waals surface area contributed by atoms with Crippen LogP contribution in [0.2, 0.25) is 0 Å². The van der Waals surface area contributed by atoms with Crippen molar-refractivity contribution < 1.29 is 14.7 Å². The first-order chi connectivity index (χ1) is 8.99. The van der Waals surface area contributed by atoms with Crippen molar-refractivity contribution in [2.45, 2.75) is 13.0 Å². The molecule has 1 N–H and O–H groups in total. The van der Waals surface area contributed by atoms with Crippen molar-refractivity contribution in [1.29, 1.82) is 0 Å². The molecule has 1 aromatic heterocycles. The van der Waals surface area contributed by atoms with Crippen molar-refractivity contribution in [2.75, 3.05) is 26.2 Å². The maximum atomic E-state index is 12.2. The van der Waals surface area contributed by atoms with E-state index in [1.54, 1.807) is 15.9 Å². The number of hydrogen-bond acceptors (Lipinski definition) is 4. The van der Waals surface area contributed by atoms with E-state index < -0.39 is 6.10 Å². The molecule has 0 spiro atoms. The van der Waals surface area contributed by atoms with Crippen LogP contribution in [0.5, 0.6) is 0 Å². The molecule has 1 unspecified atom stereocenters. The number of carbonyl (C=O) groups is 2. The molecule has 1 aromatic rings. The number of piperazine rings is 1. The monoisotopic (exact) mass is 346 g/mol. The molecular formula is C12H15BrN2O3S. The number of carbonyl (C=O) groups excluding carboxylic acids is 2. The SMILES string of the molecule is CC(O)C(=O)N1CCN(C(=O)c2ccc(Br)s2)CC1. The van der Waals surface area contributed by atoms with Crippen LogP contribution in [0.4, 0.5) is 0 Å². The van der Waals surface area contributed by atoms with Gasteiger partial charge < -0.3 is 14.9 Å². The first-order valence-corrected chi connectivity index (χ1v) is 7.61. The number of hydrogen-bond donors (Lipinski definition) is 1. The third-order valence-electron chi connectivity index (χ3n) is 3.02. The van der Waals surface area contributed by atoms with Crippen LogP contribution >= 0.6 is 27.3 Å². The highest BCUT2D eigenvalue weighted by Crippen LogP contribution is 2.23. The van der Waals surface area contributed by atoms with Crippen molar-refractivity contribution in [3.8, 4) is 0 Å². The topological polar surface area (TPSA) is 60.9 Å². The Bertz CT molecular complexity index is 481. The van der Waals surface area contributed by atoms with Crippen molar-refractivity contribution in [2.24, 2.45) is 0 Å². The zero-order valence-electron chi connectivity index (χ0n) is 10.5. The fourth-order valence-electron chi connectivity index (χ4n) is 1.98. The standard InChI is InChI=1S/C12H15BrN2O3S/c1-8(16)11(17)14-4-6-15(7-5-14)12(18)9-2-3-10(13)19-9/h2-3,8,16H,4-7H2,1H3. The number of amides is 2. The Morgan fingerprint density at radius 1 is 1.26 bits per heavy atom. The first-order valence-electron chi connectivity index (χ1n) is 6.00. The van der Waals surface area contributed by atoms with Crippen LogP contribution in [0.3, 0.4) is 0 Å². The van der Waals surface area contributed by atoms with E-state index in [2.05, 4.69) is 15.9 Å². The average Bonchev–Trinajstić information content (AvgIpc) is 2.84. The lowest BCUT2D eigenvalue weighted by molar-refractivity contribution is -0.140. The molecule has 0 aromatic carbocycles. The van der Waals surface area contributed by atoms with Gasteiger partial charge >= 0.3 is 0 Å². The van der Waals surface area contributed by atoms with Crippen molar-refractivity contribution in [3.05, 3.63) is 20.8 Å². The van der Waals surface area contributed by atoms with Crippen molar-refractivity contribution >= 4 is 39.1 Å². The number of nitrogens with zero attached hydrogens (tertiary/aromatic N) is 2. The molecule has 2 heterocycles. The van der Waals surface area contributed by atoms with Crippen LogP contribution in [-0.4, -0.2) is 59.0 Å². The summed E-state index contributed by atoms with van der Waals surface area (Å²) >= 11 is 4.74. The van der Waals surface area contributed by atoms with Gasteiger partial charge in [-0.2, -0.15) is 0 Å². The summed E-state index contributed by atoms with van der Waals surface area (Å²) in [6, 6.07) is 3.65. The summed E-state index contributed by atoms with van der Waals surface area (Å²) in [5, 5.41) is 9.25. The normalized spacial score (nSPS) is 17.4. The Balaban J connectivity index is 1.93. The molecule has 0 saturated carbocycles. The molecule has 1 aliphatic rings. The van der Waals surface area contributed by atoms with Gasteiger partial charge in [0, 0.05) is 26.2 Å². The van der Waals surface area contributed by atoms with Crippen LogP contribution in [0.1, 0.15) is 16.6 Å². The van der Waals surface area contributed by atoms with E-state index in [9.17, 15) is 14.7 Å². The van der Waals surface area contributed by atoms with E-state index in [0.717, 1.165) is 3.79 Å². The largest absolute Gasteiger partial charge is 0.384 e. The number of rotatable bonds is 2. The molecule has 1 saturated heterocycles.